The molecule has 4 rings (SSSR count). The third kappa shape index (κ3) is 2.29. The fourth-order valence-electron chi connectivity index (χ4n) is 3.17. The van der Waals surface area contributed by atoms with E-state index in [1.54, 1.807) is 42.7 Å². The molecule has 3 aromatic rings. The van der Waals surface area contributed by atoms with E-state index < -0.39 is 11.6 Å². The van der Waals surface area contributed by atoms with Crippen LogP contribution in [0.4, 0.5) is 0 Å². The van der Waals surface area contributed by atoms with Gasteiger partial charge < -0.3 is 10.2 Å². The summed E-state index contributed by atoms with van der Waals surface area (Å²) in [4.78, 5) is 29.5. The van der Waals surface area contributed by atoms with Gasteiger partial charge in [-0.3, -0.25) is 14.6 Å². The number of aromatic hydroxyl groups is 2. The molecule has 1 aliphatic rings. The first kappa shape index (κ1) is 15.1. The van der Waals surface area contributed by atoms with E-state index in [0.717, 1.165) is 5.56 Å². The molecule has 0 atom stereocenters. The van der Waals surface area contributed by atoms with Gasteiger partial charge in [0.25, 0.3) is 0 Å². The maximum Gasteiger partial charge on any atom is 0.198 e. The van der Waals surface area contributed by atoms with Crippen LogP contribution in [0.25, 0.3) is 0 Å². The molecule has 122 valence electrons. The molecule has 0 aliphatic heterocycles. The van der Waals surface area contributed by atoms with E-state index in [0.29, 0.717) is 5.56 Å². The standard InChI is InChI=1S/C20H13NO4/c22-15-9-12(8-11-4-3-7-21-10-11)18(23)17-16(15)19(24)13-5-1-2-6-14(13)20(17)25/h1-7,9-10,22-23H,8H2. The number of benzene rings is 2. The van der Waals surface area contributed by atoms with Crippen LogP contribution < -0.4 is 0 Å². The van der Waals surface area contributed by atoms with Crippen molar-refractivity contribution in [1.29, 1.82) is 0 Å². The fourth-order valence-corrected chi connectivity index (χ4v) is 3.17. The molecule has 0 spiro atoms. The lowest BCUT2D eigenvalue weighted by atomic mass is 9.81. The minimum Gasteiger partial charge on any atom is -0.507 e. The van der Waals surface area contributed by atoms with Crippen LogP contribution >= 0.6 is 0 Å². The Balaban J connectivity index is 1.90. The number of pyridine rings is 1. The van der Waals surface area contributed by atoms with Crippen LogP contribution in [0.2, 0.25) is 0 Å². The zero-order valence-corrected chi connectivity index (χ0v) is 13.1. The Hall–Kier alpha value is -3.47. The molecule has 1 aromatic heterocycles. The molecular formula is C20H13NO4. The smallest absolute Gasteiger partial charge is 0.198 e. The van der Waals surface area contributed by atoms with Gasteiger partial charge >= 0.3 is 0 Å². The number of fused-ring (bicyclic) bond motifs is 2. The summed E-state index contributed by atoms with van der Waals surface area (Å²) in [7, 11) is 0. The first-order chi connectivity index (χ1) is 12.1. The zero-order valence-electron chi connectivity index (χ0n) is 13.1. The summed E-state index contributed by atoms with van der Waals surface area (Å²) < 4.78 is 0. The molecule has 0 saturated heterocycles. The zero-order chi connectivity index (χ0) is 17.6. The second-order valence-corrected chi connectivity index (χ2v) is 5.90. The molecule has 2 N–H and O–H groups in total. The van der Waals surface area contributed by atoms with Crippen LogP contribution in [0, 0.1) is 0 Å². The lowest BCUT2D eigenvalue weighted by Gasteiger charge is -2.21. The molecule has 5 nitrogen and oxygen atoms in total. The molecule has 5 heteroatoms. The van der Waals surface area contributed by atoms with Gasteiger partial charge in [0.1, 0.15) is 11.5 Å². The lowest BCUT2D eigenvalue weighted by molar-refractivity contribution is 0.0974. The highest BCUT2D eigenvalue weighted by atomic mass is 16.3. The van der Waals surface area contributed by atoms with Crippen molar-refractivity contribution in [2.75, 3.05) is 0 Å². The summed E-state index contributed by atoms with van der Waals surface area (Å²) in [6.45, 7) is 0. The molecule has 1 aliphatic carbocycles. The topological polar surface area (TPSA) is 87.5 Å². The first-order valence-electron chi connectivity index (χ1n) is 7.73. The third-order valence-electron chi connectivity index (χ3n) is 4.35. The molecule has 0 unspecified atom stereocenters. The van der Waals surface area contributed by atoms with E-state index in [-0.39, 0.29) is 40.2 Å². The number of hydrogen-bond donors (Lipinski definition) is 2. The van der Waals surface area contributed by atoms with E-state index in [1.807, 2.05) is 6.07 Å². The number of phenolic OH excluding ortho intramolecular Hbond substituents is 2. The van der Waals surface area contributed by atoms with E-state index >= 15 is 0 Å². The summed E-state index contributed by atoms with van der Waals surface area (Å²) in [6.07, 6.45) is 3.55. The van der Waals surface area contributed by atoms with Gasteiger partial charge in [-0.1, -0.05) is 30.3 Å². The van der Waals surface area contributed by atoms with Crippen molar-refractivity contribution in [3.63, 3.8) is 0 Å². The Morgan fingerprint density at radius 1 is 0.880 bits per heavy atom. The van der Waals surface area contributed by atoms with Gasteiger partial charge in [-0.15, -0.1) is 0 Å². The predicted octanol–water partition coefficient (Wildman–Crippen LogP) is 2.86. The predicted molar refractivity (Wildman–Crippen MR) is 90.1 cm³/mol. The molecular weight excluding hydrogens is 318 g/mol. The average molecular weight is 331 g/mol. The number of rotatable bonds is 2. The largest absolute Gasteiger partial charge is 0.507 e. The highest BCUT2D eigenvalue weighted by Crippen LogP contribution is 2.40. The van der Waals surface area contributed by atoms with Gasteiger partial charge in [0, 0.05) is 35.5 Å². The highest BCUT2D eigenvalue weighted by Gasteiger charge is 2.35. The van der Waals surface area contributed by atoms with Crippen LogP contribution in [0.3, 0.4) is 0 Å². The number of aromatic nitrogens is 1. The van der Waals surface area contributed by atoms with Crippen molar-refractivity contribution >= 4 is 11.6 Å². The van der Waals surface area contributed by atoms with Crippen LogP contribution in [-0.4, -0.2) is 26.8 Å². The summed E-state index contributed by atoms with van der Waals surface area (Å²) in [5, 5.41) is 21.0. The quantitative estimate of drug-likeness (QED) is 0.552. The fraction of sp³-hybridized carbons (Fsp3) is 0.0500. The monoisotopic (exact) mass is 331 g/mol. The SMILES string of the molecule is O=C1c2ccccc2C(=O)c2c(O)c(Cc3cccnc3)cc(O)c21. The van der Waals surface area contributed by atoms with Crippen molar-refractivity contribution in [3.05, 3.63) is 88.2 Å². The summed E-state index contributed by atoms with van der Waals surface area (Å²) in [5.41, 5.74) is 1.36. The molecule has 1 heterocycles. The average Bonchev–Trinajstić information content (AvgIpc) is 2.63. The number of carbonyl (C=O) groups is 2. The van der Waals surface area contributed by atoms with Crippen molar-refractivity contribution in [3.8, 4) is 11.5 Å². The molecule has 25 heavy (non-hydrogen) atoms. The second kappa shape index (κ2) is 5.56. The highest BCUT2D eigenvalue weighted by molar-refractivity contribution is 6.30. The van der Waals surface area contributed by atoms with Gasteiger partial charge in [-0.2, -0.15) is 0 Å². The minimum absolute atomic E-state index is 0.136. The third-order valence-corrected chi connectivity index (χ3v) is 4.35. The number of nitrogens with zero attached hydrogens (tertiary/aromatic N) is 1. The van der Waals surface area contributed by atoms with Crippen molar-refractivity contribution in [2.24, 2.45) is 0 Å². The summed E-state index contributed by atoms with van der Waals surface area (Å²) >= 11 is 0. The van der Waals surface area contributed by atoms with Crippen LogP contribution in [0.1, 0.15) is 43.0 Å². The maximum absolute atomic E-state index is 12.8. The Kier molecular flexibility index (Phi) is 3.35. The summed E-state index contributed by atoms with van der Waals surface area (Å²) in [5.74, 6) is -1.51. The Bertz CT molecular complexity index is 1030. The van der Waals surface area contributed by atoms with E-state index in [1.165, 1.54) is 6.07 Å². The van der Waals surface area contributed by atoms with Gasteiger partial charge in [-0.05, 0) is 17.7 Å². The maximum atomic E-state index is 12.8. The summed E-state index contributed by atoms with van der Waals surface area (Å²) in [6, 6.07) is 11.3. The molecule has 0 saturated carbocycles. The molecule has 0 radical (unpaired) electrons. The Morgan fingerprint density at radius 3 is 2.20 bits per heavy atom. The first-order valence-corrected chi connectivity index (χ1v) is 7.73. The van der Waals surface area contributed by atoms with Crippen LogP contribution in [0.5, 0.6) is 11.5 Å². The number of ketones is 2. The number of phenols is 2. The normalized spacial score (nSPS) is 12.6. The van der Waals surface area contributed by atoms with Crippen molar-refractivity contribution < 1.29 is 19.8 Å². The van der Waals surface area contributed by atoms with E-state index in [2.05, 4.69) is 4.98 Å². The van der Waals surface area contributed by atoms with E-state index in [9.17, 15) is 19.8 Å². The minimum atomic E-state index is -0.467. The van der Waals surface area contributed by atoms with Gasteiger partial charge in [0.05, 0.1) is 11.1 Å². The Labute approximate surface area is 143 Å². The van der Waals surface area contributed by atoms with Crippen molar-refractivity contribution in [2.45, 2.75) is 6.42 Å². The number of carbonyl (C=O) groups excluding carboxylic acids is 2. The molecule has 0 amide bonds. The Morgan fingerprint density at radius 2 is 1.56 bits per heavy atom. The van der Waals surface area contributed by atoms with E-state index in [4.69, 9.17) is 0 Å². The van der Waals surface area contributed by atoms with Crippen LogP contribution in [-0.2, 0) is 6.42 Å². The van der Waals surface area contributed by atoms with Gasteiger partial charge in [-0.25, -0.2) is 0 Å². The molecule has 2 aromatic carbocycles. The van der Waals surface area contributed by atoms with Gasteiger partial charge in [0.15, 0.2) is 11.6 Å². The molecule has 0 bridgehead atoms. The second-order valence-electron chi connectivity index (χ2n) is 5.90. The molecule has 0 fully saturated rings. The van der Waals surface area contributed by atoms with Crippen molar-refractivity contribution in [1.82, 2.24) is 4.98 Å². The van der Waals surface area contributed by atoms with Crippen LogP contribution in [0.15, 0.2) is 54.9 Å². The lowest BCUT2D eigenvalue weighted by Crippen LogP contribution is -2.21. The van der Waals surface area contributed by atoms with Gasteiger partial charge in [0.2, 0.25) is 0 Å². The number of hydrogen-bond acceptors (Lipinski definition) is 5.